The Balaban J connectivity index is 1.39. The van der Waals surface area contributed by atoms with Crippen LogP contribution >= 0.6 is 11.6 Å². The molecule has 0 radical (unpaired) electrons. The molecular weight excluding hydrogens is 320 g/mol. The molecule has 3 nitrogen and oxygen atoms in total. The Hall–Kier alpha value is -1.22. The zero-order valence-electron chi connectivity index (χ0n) is 14.6. The van der Waals surface area contributed by atoms with Crippen LogP contribution in [0.25, 0.3) is 0 Å². The van der Waals surface area contributed by atoms with Crippen molar-refractivity contribution in [3.05, 3.63) is 28.3 Å². The first-order valence-electron chi connectivity index (χ1n) is 9.24. The van der Waals surface area contributed by atoms with Gasteiger partial charge in [-0.15, -0.1) is 0 Å². The second-order valence-electron chi connectivity index (χ2n) is 8.66. The molecule has 1 aromatic rings. The number of nitrogens with one attached hydrogen (secondary N) is 2. The van der Waals surface area contributed by atoms with E-state index < -0.39 is 0 Å². The quantitative estimate of drug-likeness (QED) is 0.766. The molecule has 0 aromatic heterocycles. The Labute approximate surface area is 149 Å². The van der Waals surface area contributed by atoms with E-state index in [1.54, 1.807) is 0 Å². The van der Waals surface area contributed by atoms with Crippen LogP contribution < -0.4 is 10.6 Å². The molecule has 0 heterocycles. The van der Waals surface area contributed by atoms with Crippen molar-refractivity contribution in [3.8, 4) is 0 Å². The van der Waals surface area contributed by atoms with Crippen LogP contribution in [0.2, 0.25) is 5.02 Å². The van der Waals surface area contributed by atoms with Crippen LogP contribution in [0.15, 0.2) is 12.1 Å². The minimum absolute atomic E-state index is 0.125. The van der Waals surface area contributed by atoms with Crippen LogP contribution in [0.5, 0.6) is 0 Å². The fraction of sp³-hybridized carbons (Fsp3) is 0.650. The van der Waals surface area contributed by atoms with Gasteiger partial charge >= 0.3 is 6.03 Å². The molecular formula is C20H27ClN2O. The van der Waals surface area contributed by atoms with Gasteiger partial charge in [0.15, 0.2) is 0 Å². The highest BCUT2D eigenvalue weighted by Crippen LogP contribution is 2.59. The summed E-state index contributed by atoms with van der Waals surface area (Å²) < 4.78 is 0. The van der Waals surface area contributed by atoms with Crippen LogP contribution in [0.4, 0.5) is 10.5 Å². The van der Waals surface area contributed by atoms with Gasteiger partial charge in [0.05, 0.1) is 10.7 Å². The topological polar surface area (TPSA) is 41.1 Å². The molecule has 0 unspecified atom stereocenters. The van der Waals surface area contributed by atoms with Crippen LogP contribution in [-0.2, 0) is 0 Å². The van der Waals surface area contributed by atoms with E-state index >= 15 is 0 Å². The zero-order chi connectivity index (χ0) is 16.9. The molecule has 2 N–H and O–H groups in total. The van der Waals surface area contributed by atoms with E-state index in [1.807, 2.05) is 26.0 Å². The monoisotopic (exact) mass is 346 g/mol. The largest absolute Gasteiger partial charge is 0.337 e. The normalized spacial score (nSPS) is 33.5. The average Bonchev–Trinajstić information content (AvgIpc) is 2.47. The summed E-state index contributed by atoms with van der Waals surface area (Å²) in [5, 5.41) is 6.71. The molecule has 4 fully saturated rings. The number of hydrogen-bond acceptors (Lipinski definition) is 1. The summed E-state index contributed by atoms with van der Waals surface area (Å²) in [6.07, 6.45) is 8.23. The fourth-order valence-electron chi connectivity index (χ4n) is 6.01. The minimum atomic E-state index is -0.125. The van der Waals surface area contributed by atoms with Gasteiger partial charge in [0, 0.05) is 6.54 Å². The smallest absolute Gasteiger partial charge is 0.319 e. The number of rotatable bonds is 3. The Morgan fingerprint density at radius 1 is 1.12 bits per heavy atom. The number of halogens is 1. The predicted octanol–water partition coefficient (Wildman–Crippen LogP) is 5.29. The summed E-state index contributed by atoms with van der Waals surface area (Å²) >= 11 is 6.29. The van der Waals surface area contributed by atoms with Gasteiger partial charge in [-0.2, -0.15) is 0 Å². The third kappa shape index (κ3) is 3.03. The molecule has 4 aliphatic rings. The van der Waals surface area contributed by atoms with E-state index in [4.69, 9.17) is 11.6 Å². The first-order chi connectivity index (χ1) is 11.4. The highest BCUT2D eigenvalue weighted by molar-refractivity contribution is 6.34. The van der Waals surface area contributed by atoms with Crippen molar-refractivity contribution in [2.24, 2.45) is 23.2 Å². The van der Waals surface area contributed by atoms with Crippen LogP contribution in [0.1, 0.15) is 49.7 Å². The molecule has 4 saturated carbocycles. The van der Waals surface area contributed by atoms with Crippen LogP contribution in [0.3, 0.4) is 0 Å². The number of hydrogen-bond donors (Lipinski definition) is 2. The maximum Gasteiger partial charge on any atom is 0.319 e. The second-order valence-corrected chi connectivity index (χ2v) is 9.07. The van der Waals surface area contributed by atoms with Gasteiger partial charge < -0.3 is 10.6 Å². The molecule has 0 aliphatic heterocycles. The lowest BCUT2D eigenvalue weighted by Crippen LogP contribution is -2.51. The van der Waals surface area contributed by atoms with E-state index in [1.165, 1.54) is 38.5 Å². The highest BCUT2D eigenvalue weighted by atomic mass is 35.5. The maximum absolute atomic E-state index is 12.4. The Kier molecular flexibility index (Phi) is 4.03. The van der Waals surface area contributed by atoms with E-state index in [2.05, 4.69) is 10.6 Å². The first kappa shape index (κ1) is 16.3. The molecule has 4 aliphatic carbocycles. The fourth-order valence-corrected chi connectivity index (χ4v) is 6.37. The minimum Gasteiger partial charge on any atom is -0.337 e. The van der Waals surface area contributed by atoms with Crippen molar-refractivity contribution in [1.29, 1.82) is 0 Å². The lowest BCUT2D eigenvalue weighted by molar-refractivity contribution is -0.0496. The molecule has 4 bridgehead atoms. The van der Waals surface area contributed by atoms with E-state index in [0.717, 1.165) is 41.1 Å². The van der Waals surface area contributed by atoms with Crippen LogP contribution in [-0.4, -0.2) is 12.6 Å². The first-order valence-corrected chi connectivity index (χ1v) is 9.62. The Morgan fingerprint density at radius 2 is 1.71 bits per heavy atom. The van der Waals surface area contributed by atoms with Gasteiger partial charge in [0.2, 0.25) is 0 Å². The molecule has 4 heteroatoms. The van der Waals surface area contributed by atoms with Gasteiger partial charge in [0.25, 0.3) is 0 Å². The molecule has 1 aromatic carbocycles. The lowest BCUT2D eigenvalue weighted by Gasteiger charge is -2.56. The van der Waals surface area contributed by atoms with Crippen molar-refractivity contribution in [2.45, 2.75) is 52.4 Å². The number of amides is 2. The zero-order valence-corrected chi connectivity index (χ0v) is 15.4. The Bertz CT molecular complexity index is 611. The molecule has 5 rings (SSSR count). The van der Waals surface area contributed by atoms with Gasteiger partial charge in [-0.1, -0.05) is 17.7 Å². The molecule has 130 valence electrons. The number of carbonyl (C=O) groups excluding carboxylic acids is 1. The summed E-state index contributed by atoms with van der Waals surface area (Å²) in [5.41, 5.74) is 3.20. The number of benzene rings is 1. The van der Waals surface area contributed by atoms with Gasteiger partial charge in [-0.25, -0.2) is 4.79 Å². The summed E-state index contributed by atoms with van der Waals surface area (Å²) in [7, 11) is 0. The van der Waals surface area contributed by atoms with E-state index in [-0.39, 0.29) is 6.03 Å². The average molecular weight is 347 g/mol. The summed E-state index contributed by atoms with van der Waals surface area (Å²) in [5.74, 6) is 2.74. The summed E-state index contributed by atoms with van der Waals surface area (Å²) in [4.78, 5) is 12.4. The van der Waals surface area contributed by atoms with Crippen molar-refractivity contribution >= 4 is 23.3 Å². The van der Waals surface area contributed by atoms with Gasteiger partial charge in [0.1, 0.15) is 0 Å². The van der Waals surface area contributed by atoms with Crippen LogP contribution in [0, 0.1) is 37.0 Å². The number of urea groups is 1. The van der Waals surface area contributed by atoms with Gasteiger partial charge in [-0.05, 0) is 92.7 Å². The Morgan fingerprint density at radius 3 is 2.25 bits per heavy atom. The third-order valence-corrected chi connectivity index (χ3v) is 6.76. The molecule has 0 saturated heterocycles. The van der Waals surface area contributed by atoms with E-state index in [0.29, 0.717) is 10.4 Å². The standard InChI is InChI=1S/C20H27ClN2O/c1-12-3-13(2)18(17(21)4-12)23-19(24)22-11-20-8-14-5-15(9-20)7-16(6-14)10-20/h3-4,14-16H,5-11H2,1-2H3,(H2,22,23,24). The maximum atomic E-state index is 12.4. The summed E-state index contributed by atoms with van der Waals surface area (Å²) in [6, 6.07) is 3.81. The molecule has 24 heavy (non-hydrogen) atoms. The van der Waals surface area contributed by atoms with Crippen molar-refractivity contribution in [2.75, 3.05) is 11.9 Å². The number of carbonyl (C=O) groups is 1. The lowest BCUT2D eigenvalue weighted by atomic mass is 9.49. The van der Waals surface area contributed by atoms with Gasteiger partial charge in [-0.3, -0.25) is 0 Å². The summed E-state index contributed by atoms with van der Waals surface area (Å²) in [6.45, 7) is 4.80. The van der Waals surface area contributed by atoms with Crippen molar-refractivity contribution < 1.29 is 4.79 Å². The SMILES string of the molecule is Cc1cc(C)c(NC(=O)NCC23CC4CC(CC(C4)C2)C3)c(Cl)c1. The van der Waals surface area contributed by atoms with E-state index in [9.17, 15) is 4.79 Å². The molecule has 0 spiro atoms. The number of anilines is 1. The molecule has 0 atom stereocenters. The predicted molar refractivity (Wildman–Crippen MR) is 98.6 cm³/mol. The highest BCUT2D eigenvalue weighted by Gasteiger charge is 2.50. The second kappa shape index (κ2) is 5.94. The van der Waals surface area contributed by atoms with Crippen molar-refractivity contribution in [1.82, 2.24) is 5.32 Å². The third-order valence-electron chi connectivity index (χ3n) is 6.46. The number of aryl methyl sites for hydroxylation is 2. The van der Waals surface area contributed by atoms with Crippen molar-refractivity contribution in [3.63, 3.8) is 0 Å². The molecule has 2 amide bonds.